The first kappa shape index (κ1) is 8.57. The van der Waals surface area contributed by atoms with Gasteiger partial charge in [0.2, 0.25) is 0 Å². The predicted octanol–water partition coefficient (Wildman–Crippen LogP) is -0.377. The summed E-state index contributed by atoms with van der Waals surface area (Å²) in [5.74, 6) is 0.909. The molecular formula is C9H12BNO2. The smallest absolute Gasteiger partial charge is 0.146 e. The van der Waals surface area contributed by atoms with Gasteiger partial charge in [-0.2, -0.15) is 0 Å². The minimum Gasteiger partial charge on any atom is -0.491 e. The summed E-state index contributed by atoms with van der Waals surface area (Å²) < 4.78 is 5.50. The van der Waals surface area contributed by atoms with Crippen molar-refractivity contribution in [3.8, 4) is 0 Å². The van der Waals surface area contributed by atoms with Crippen LogP contribution in [0.5, 0.6) is 0 Å². The van der Waals surface area contributed by atoms with Gasteiger partial charge in [-0.3, -0.25) is 4.99 Å². The van der Waals surface area contributed by atoms with Crippen LogP contribution in [0.1, 0.15) is 6.42 Å². The van der Waals surface area contributed by atoms with Crippen molar-refractivity contribution < 1.29 is 9.84 Å². The van der Waals surface area contributed by atoms with Crippen LogP contribution in [0.25, 0.3) is 0 Å². The summed E-state index contributed by atoms with van der Waals surface area (Å²) in [7, 11) is 1.98. The van der Waals surface area contributed by atoms with E-state index in [0.717, 1.165) is 16.8 Å². The summed E-state index contributed by atoms with van der Waals surface area (Å²) in [6.45, 7) is 1.07. The van der Waals surface area contributed by atoms with Crippen molar-refractivity contribution in [2.75, 3.05) is 13.2 Å². The third-order valence-electron chi connectivity index (χ3n) is 2.25. The molecule has 4 heteroatoms. The van der Waals surface area contributed by atoms with Crippen LogP contribution in [0.4, 0.5) is 0 Å². The lowest BCUT2D eigenvalue weighted by molar-refractivity contribution is 0.0811. The van der Waals surface area contributed by atoms with Crippen molar-refractivity contribution in [1.82, 2.24) is 0 Å². The number of hydrogen-bond acceptors (Lipinski definition) is 3. The molecule has 0 amide bonds. The van der Waals surface area contributed by atoms with E-state index in [0.29, 0.717) is 19.6 Å². The van der Waals surface area contributed by atoms with Crippen molar-refractivity contribution in [2.45, 2.75) is 12.5 Å². The van der Waals surface area contributed by atoms with Crippen molar-refractivity contribution in [1.29, 1.82) is 0 Å². The number of aliphatic hydroxyl groups excluding tert-OH is 1. The van der Waals surface area contributed by atoms with Gasteiger partial charge in [-0.05, 0) is 11.9 Å². The van der Waals surface area contributed by atoms with Crippen LogP contribution in [-0.4, -0.2) is 38.4 Å². The molecule has 0 saturated heterocycles. The fraction of sp³-hybridized carbons (Fsp3) is 0.444. The lowest BCUT2D eigenvalue weighted by Crippen LogP contribution is -2.13. The zero-order chi connectivity index (χ0) is 9.26. The van der Waals surface area contributed by atoms with E-state index in [2.05, 4.69) is 4.99 Å². The molecule has 0 radical (unpaired) electrons. The van der Waals surface area contributed by atoms with Gasteiger partial charge in [0, 0.05) is 11.8 Å². The van der Waals surface area contributed by atoms with Crippen LogP contribution < -0.4 is 0 Å². The number of ether oxygens (including phenoxy) is 1. The van der Waals surface area contributed by atoms with Gasteiger partial charge in [-0.25, -0.2) is 0 Å². The van der Waals surface area contributed by atoms with Gasteiger partial charge in [-0.15, -0.1) is 0 Å². The maximum atomic E-state index is 9.39. The Morgan fingerprint density at radius 2 is 2.46 bits per heavy atom. The molecular weight excluding hydrogens is 165 g/mol. The number of aliphatic imine (C=N–C) groups is 1. The Balaban J connectivity index is 2.31. The Labute approximate surface area is 78.2 Å². The molecule has 0 aromatic heterocycles. The molecule has 1 N–H and O–H groups in total. The molecule has 2 rings (SSSR count). The molecule has 2 aliphatic heterocycles. The average molecular weight is 177 g/mol. The van der Waals surface area contributed by atoms with E-state index in [1.165, 1.54) is 0 Å². The summed E-state index contributed by atoms with van der Waals surface area (Å²) in [5, 5.41) is 9.39. The number of dihydropyridines is 1. The van der Waals surface area contributed by atoms with Crippen molar-refractivity contribution in [2.24, 2.45) is 4.99 Å². The minimum atomic E-state index is -0.376. The van der Waals surface area contributed by atoms with E-state index < -0.39 is 0 Å². The molecule has 13 heavy (non-hydrogen) atoms. The second kappa shape index (κ2) is 3.38. The van der Waals surface area contributed by atoms with Gasteiger partial charge in [-0.1, -0.05) is 6.08 Å². The monoisotopic (exact) mass is 177 g/mol. The number of hydrogen-bond donors (Lipinski definition) is 1. The molecule has 0 bridgehead atoms. The number of allylic oxidation sites excluding steroid dienone is 1. The van der Waals surface area contributed by atoms with E-state index in [1.807, 2.05) is 20.1 Å². The predicted molar refractivity (Wildman–Crippen MR) is 53.6 cm³/mol. The molecule has 0 fully saturated rings. The summed E-state index contributed by atoms with van der Waals surface area (Å²) in [4.78, 5) is 4.20. The Hall–Kier alpha value is -1.03. The van der Waals surface area contributed by atoms with Crippen LogP contribution in [0.3, 0.4) is 0 Å². The summed E-state index contributed by atoms with van der Waals surface area (Å²) in [6, 6.07) is 0. The van der Waals surface area contributed by atoms with Gasteiger partial charge in [0.05, 0.1) is 12.6 Å². The summed E-state index contributed by atoms with van der Waals surface area (Å²) in [5.41, 5.74) is 2.16. The first-order valence-corrected chi connectivity index (χ1v) is 4.48. The standard InChI is InChI=1S/C9H12BNO2/c10-8-4-11-3-6-1-2-7(12)5-13-9(6)8/h1,4,7,12H,2-3,5,10H2. The zero-order valence-electron chi connectivity index (χ0n) is 7.66. The molecule has 0 aromatic carbocycles. The van der Waals surface area contributed by atoms with Crippen molar-refractivity contribution >= 4 is 14.1 Å². The highest BCUT2D eigenvalue weighted by Crippen LogP contribution is 2.22. The van der Waals surface area contributed by atoms with Crippen LogP contribution in [0, 0.1) is 0 Å². The van der Waals surface area contributed by atoms with Gasteiger partial charge in [0.1, 0.15) is 20.2 Å². The second-order valence-corrected chi connectivity index (χ2v) is 3.41. The second-order valence-electron chi connectivity index (χ2n) is 3.41. The van der Waals surface area contributed by atoms with E-state index >= 15 is 0 Å². The fourth-order valence-electron chi connectivity index (χ4n) is 1.55. The molecule has 0 aromatic rings. The Morgan fingerprint density at radius 1 is 1.62 bits per heavy atom. The molecule has 3 nitrogen and oxygen atoms in total. The number of fused-ring (bicyclic) bond motifs is 1. The quantitative estimate of drug-likeness (QED) is 0.512. The van der Waals surface area contributed by atoms with Crippen LogP contribution in [-0.2, 0) is 4.74 Å². The summed E-state index contributed by atoms with van der Waals surface area (Å²) >= 11 is 0. The molecule has 0 saturated carbocycles. The van der Waals surface area contributed by atoms with E-state index in [4.69, 9.17) is 4.74 Å². The first-order valence-electron chi connectivity index (χ1n) is 4.48. The van der Waals surface area contributed by atoms with Crippen molar-refractivity contribution in [3.63, 3.8) is 0 Å². The third-order valence-corrected chi connectivity index (χ3v) is 2.25. The Bertz CT molecular complexity index is 307. The van der Waals surface area contributed by atoms with Gasteiger partial charge in [0.15, 0.2) is 0 Å². The number of nitrogens with zero attached hydrogens (tertiary/aromatic N) is 1. The molecule has 1 atom stereocenters. The SMILES string of the molecule is BC1=C2OCC(O)CC=C2CN=C1. The van der Waals surface area contributed by atoms with Crippen LogP contribution >= 0.6 is 0 Å². The molecule has 0 spiro atoms. The van der Waals surface area contributed by atoms with Crippen molar-refractivity contribution in [3.05, 3.63) is 22.9 Å². The lowest BCUT2D eigenvalue weighted by atomic mass is 9.91. The molecule has 1 unspecified atom stereocenters. The number of aliphatic hydroxyl groups is 1. The third kappa shape index (κ3) is 1.67. The maximum Gasteiger partial charge on any atom is 0.146 e. The van der Waals surface area contributed by atoms with Crippen LogP contribution in [0.2, 0.25) is 0 Å². The fourth-order valence-corrected chi connectivity index (χ4v) is 1.55. The molecule has 2 heterocycles. The van der Waals surface area contributed by atoms with E-state index in [9.17, 15) is 5.11 Å². The molecule has 68 valence electrons. The lowest BCUT2D eigenvalue weighted by Gasteiger charge is -2.15. The highest BCUT2D eigenvalue weighted by molar-refractivity contribution is 6.33. The summed E-state index contributed by atoms with van der Waals surface area (Å²) in [6.07, 6.45) is 4.14. The topological polar surface area (TPSA) is 41.8 Å². The average Bonchev–Trinajstić information content (AvgIpc) is 2.30. The zero-order valence-corrected chi connectivity index (χ0v) is 7.66. The van der Waals surface area contributed by atoms with Gasteiger partial charge < -0.3 is 9.84 Å². The minimum absolute atomic E-state index is 0.376. The van der Waals surface area contributed by atoms with E-state index in [1.54, 1.807) is 0 Å². The largest absolute Gasteiger partial charge is 0.491 e. The normalized spacial score (nSPS) is 27.5. The Morgan fingerprint density at radius 3 is 3.31 bits per heavy atom. The highest BCUT2D eigenvalue weighted by atomic mass is 16.5. The first-order chi connectivity index (χ1) is 6.27. The maximum absolute atomic E-state index is 9.39. The molecule has 2 aliphatic rings. The molecule has 0 aliphatic carbocycles. The van der Waals surface area contributed by atoms with Gasteiger partial charge in [0.25, 0.3) is 0 Å². The van der Waals surface area contributed by atoms with Crippen LogP contribution in [0.15, 0.2) is 27.9 Å². The Kier molecular flexibility index (Phi) is 2.23. The number of rotatable bonds is 0. The highest BCUT2D eigenvalue weighted by Gasteiger charge is 2.18. The van der Waals surface area contributed by atoms with Gasteiger partial charge >= 0.3 is 0 Å². The van der Waals surface area contributed by atoms with E-state index in [-0.39, 0.29) is 6.10 Å².